The van der Waals surface area contributed by atoms with Crippen LogP contribution in [0.25, 0.3) is 0 Å². The molecule has 3 heterocycles. The first-order valence-corrected chi connectivity index (χ1v) is 7.33. The van der Waals surface area contributed by atoms with Crippen molar-refractivity contribution >= 4 is 5.91 Å². The molecule has 3 rings (SSSR count). The Labute approximate surface area is 128 Å². The molecule has 2 aromatic heterocycles. The molecule has 0 atom stereocenters. The molecular formula is C16H18FN3O2. The fourth-order valence-electron chi connectivity index (χ4n) is 2.83. The summed E-state index contributed by atoms with van der Waals surface area (Å²) in [5.41, 5.74) is -0.704. The molecule has 2 aromatic rings. The van der Waals surface area contributed by atoms with Crippen LogP contribution >= 0.6 is 0 Å². The molecular weight excluding hydrogens is 285 g/mol. The minimum atomic E-state index is -1.47. The van der Waals surface area contributed by atoms with E-state index < -0.39 is 5.67 Å². The normalized spacial score (nSPS) is 17.5. The molecule has 0 spiro atoms. The lowest BCUT2D eigenvalue weighted by Crippen LogP contribution is -2.43. The van der Waals surface area contributed by atoms with Gasteiger partial charge in [0.25, 0.3) is 5.91 Å². The molecule has 22 heavy (non-hydrogen) atoms. The van der Waals surface area contributed by atoms with E-state index in [1.165, 1.54) is 0 Å². The van der Waals surface area contributed by atoms with Crippen LogP contribution < -0.4 is 0 Å². The van der Waals surface area contributed by atoms with E-state index in [0.717, 1.165) is 0 Å². The molecule has 1 amide bonds. The highest BCUT2D eigenvalue weighted by molar-refractivity contribution is 5.93. The van der Waals surface area contributed by atoms with Crippen LogP contribution in [0.2, 0.25) is 0 Å². The molecule has 0 radical (unpaired) electrons. The van der Waals surface area contributed by atoms with Crippen LogP contribution in [0.4, 0.5) is 4.39 Å². The largest absolute Gasteiger partial charge is 0.445 e. The van der Waals surface area contributed by atoms with Gasteiger partial charge in [0.2, 0.25) is 0 Å². The van der Waals surface area contributed by atoms with Gasteiger partial charge in [-0.3, -0.25) is 9.78 Å². The van der Waals surface area contributed by atoms with E-state index in [0.29, 0.717) is 36.1 Å². The molecule has 6 heteroatoms. The summed E-state index contributed by atoms with van der Waals surface area (Å²) in [5, 5.41) is 0. The van der Waals surface area contributed by atoms with Crippen LogP contribution in [-0.2, 0) is 5.67 Å². The van der Waals surface area contributed by atoms with E-state index in [1.54, 1.807) is 43.1 Å². The number of carbonyl (C=O) groups is 1. The van der Waals surface area contributed by atoms with E-state index in [9.17, 15) is 9.18 Å². The maximum absolute atomic E-state index is 15.0. The van der Waals surface area contributed by atoms with E-state index in [-0.39, 0.29) is 18.7 Å². The van der Waals surface area contributed by atoms with Crippen molar-refractivity contribution in [2.24, 2.45) is 0 Å². The zero-order valence-electron chi connectivity index (χ0n) is 12.7. The molecule has 0 bridgehead atoms. The van der Waals surface area contributed by atoms with Gasteiger partial charge in [-0.2, -0.15) is 0 Å². The maximum atomic E-state index is 15.0. The van der Waals surface area contributed by atoms with Gasteiger partial charge in [-0.15, -0.1) is 0 Å². The van der Waals surface area contributed by atoms with E-state index >= 15 is 0 Å². The third kappa shape index (κ3) is 2.61. The van der Waals surface area contributed by atoms with E-state index in [4.69, 9.17) is 4.42 Å². The summed E-state index contributed by atoms with van der Waals surface area (Å²) in [6.07, 6.45) is 2.08. The first kappa shape index (κ1) is 14.7. The molecule has 0 unspecified atom stereocenters. The number of pyridine rings is 1. The highest BCUT2D eigenvalue weighted by atomic mass is 19.1. The Hall–Kier alpha value is -2.24. The lowest BCUT2D eigenvalue weighted by molar-refractivity contribution is 0.0398. The van der Waals surface area contributed by atoms with Gasteiger partial charge in [-0.25, -0.2) is 9.37 Å². The summed E-state index contributed by atoms with van der Waals surface area (Å²) < 4.78 is 20.3. The van der Waals surface area contributed by atoms with Gasteiger partial charge in [0.1, 0.15) is 5.76 Å². The average Bonchev–Trinajstić information content (AvgIpc) is 2.87. The Bertz CT molecular complexity index is 676. The van der Waals surface area contributed by atoms with Crippen LogP contribution in [0.1, 0.15) is 40.7 Å². The SMILES string of the molecule is Cc1nc(C(=O)N2CCC(F)(c3ccccn3)CC2)c(C)o1. The molecule has 0 N–H and O–H groups in total. The number of rotatable bonds is 2. The van der Waals surface area contributed by atoms with Crippen molar-refractivity contribution in [3.8, 4) is 0 Å². The zero-order valence-corrected chi connectivity index (χ0v) is 12.7. The number of piperidine rings is 1. The quantitative estimate of drug-likeness (QED) is 0.856. The summed E-state index contributed by atoms with van der Waals surface area (Å²) in [7, 11) is 0. The van der Waals surface area contributed by atoms with Gasteiger partial charge >= 0.3 is 0 Å². The predicted molar refractivity (Wildman–Crippen MR) is 78.1 cm³/mol. The maximum Gasteiger partial charge on any atom is 0.276 e. The first-order valence-electron chi connectivity index (χ1n) is 7.33. The summed E-state index contributed by atoms with van der Waals surface area (Å²) >= 11 is 0. The average molecular weight is 303 g/mol. The minimum absolute atomic E-state index is 0.197. The van der Waals surface area contributed by atoms with Crippen molar-refractivity contribution < 1.29 is 13.6 Å². The number of nitrogens with zero attached hydrogens (tertiary/aromatic N) is 3. The van der Waals surface area contributed by atoms with Gasteiger partial charge in [0, 0.05) is 39.1 Å². The number of aryl methyl sites for hydroxylation is 2. The monoisotopic (exact) mass is 303 g/mol. The third-order valence-corrected chi connectivity index (χ3v) is 4.07. The molecule has 1 aliphatic heterocycles. The smallest absolute Gasteiger partial charge is 0.276 e. The summed E-state index contributed by atoms with van der Waals surface area (Å²) in [5.74, 6) is 0.771. The van der Waals surface area contributed by atoms with Gasteiger partial charge in [0.15, 0.2) is 17.3 Å². The van der Waals surface area contributed by atoms with Crippen LogP contribution in [0.15, 0.2) is 28.8 Å². The zero-order chi connectivity index (χ0) is 15.7. The number of carbonyl (C=O) groups excluding carboxylic acids is 1. The first-order chi connectivity index (χ1) is 10.5. The van der Waals surface area contributed by atoms with Gasteiger partial charge < -0.3 is 9.32 Å². The fourth-order valence-corrected chi connectivity index (χ4v) is 2.83. The van der Waals surface area contributed by atoms with Crippen molar-refractivity contribution in [1.29, 1.82) is 0 Å². The van der Waals surface area contributed by atoms with Crippen LogP contribution in [-0.4, -0.2) is 33.9 Å². The standard InChI is InChI=1S/C16H18FN3O2/c1-11-14(19-12(2)22-11)15(21)20-9-6-16(17,7-10-20)13-5-3-4-8-18-13/h3-5,8H,6-7,9-10H2,1-2H3. The van der Waals surface area contributed by atoms with Crippen molar-refractivity contribution in [3.05, 3.63) is 47.4 Å². The van der Waals surface area contributed by atoms with Crippen molar-refractivity contribution in [1.82, 2.24) is 14.9 Å². The molecule has 1 fully saturated rings. The number of alkyl halides is 1. The highest BCUT2D eigenvalue weighted by Gasteiger charge is 2.39. The van der Waals surface area contributed by atoms with Crippen LogP contribution in [0.3, 0.4) is 0 Å². The molecule has 0 aromatic carbocycles. The number of hydrogen-bond acceptors (Lipinski definition) is 4. The second-order valence-corrected chi connectivity index (χ2v) is 5.61. The lowest BCUT2D eigenvalue weighted by atomic mass is 9.89. The van der Waals surface area contributed by atoms with E-state index in [1.807, 2.05) is 0 Å². The van der Waals surface area contributed by atoms with Crippen molar-refractivity contribution in [2.45, 2.75) is 32.4 Å². The van der Waals surface area contributed by atoms with Crippen LogP contribution in [0, 0.1) is 13.8 Å². The molecule has 1 saturated heterocycles. The number of likely N-dealkylation sites (tertiary alicyclic amines) is 1. The van der Waals surface area contributed by atoms with Gasteiger partial charge in [-0.1, -0.05) is 6.07 Å². The number of aromatic nitrogens is 2. The second kappa shape index (κ2) is 5.51. The Balaban J connectivity index is 1.72. The second-order valence-electron chi connectivity index (χ2n) is 5.61. The fraction of sp³-hybridized carbons (Fsp3) is 0.438. The Kier molecular flexibility index (Phi) is 3.68. The lowest BCUT2D eigenvalue weighted by Gasteiger charge is -2.35. The molecule has 0 aliphatic carbocycles. The van der Waals surface area contributed by atoms with Gasteiger partial charge in [0.05, 0.1) is 5.69 Å². The number of halogens is 1. The topological polar surface area (TPSA) is 59.2 Å². The Morgan fingerprint density at radius 1 is 1.32 bits per heavy atom. The van der Waals surface area contributed by atoms with Crippen molar-refractivity contribution in [2.75, 3.05) is 13.1 Å². The van der Waals surface area contributed by atoms with E-state index in [2.05, 4.69) is 9.97 Å². The number of hydrogen-bond donors (Lipinski definition) is 0. The predicted octanol–water partition coefficient (Wildman–Crippen LogP) is 2.79. The molecule has 0 saturated carbocycles. The molecule has 116 valence electrons. The molecule has 5 nitrogen and oxygen atoms in total. The third-order valence-electron chi connectivity index (χ3n) is 4.07. The number of amides is 1. The highest BCUT2D eigenvalue weighted by Crippen LogP contribution is 2.36. The van der Waals surface area contributed by atoms with Crippen molar-refractivity contribution in [3.63, 3.8) is 0 Å². The number of oxazole rings is 1. The van der Waals surface area contributed by atoms with Gasteiger partial charge in [-0.05, 0) is 19.1 Å². The Morgan fingerprint density at radius 3 is 2.59 bits per heavy atom. The summed E-state index contributed by atoms with van der Waals surface area (Å²) in [6, 6.07) is 5.24. The summed E-state index contributed by atoms with van der Waals surface area (Å²) in [4.78, 5) is 22.3. The minimum Gasteiger partial charge on any atom is -0.445 e. The summed E-state index contributed by atoms with van der Waals surface area (Å²) in [6.45, 7) is 4.10. The van der Waals surface area contributed by atoms with Crippen LogP contribution in [0.5, 0.6) is 0 Å². The Morgan fingerprint density at radius 2 is 2.05 bits per heavy atom. The molecule has 1 aliphatic rings.